The van der Waals surface area contributed by atoms with Gasteiger partial charge in [0.1, 0.15) is 0 Å². The van der Waals surface area contributed by atoms with Gasteiger partial charge >= 0.3 is 0 Å². The second-order valence-corrected chi connectivity index (χ2v) is 5.26. The average molecular weight is 244 g/mol. The van der Waals surface area contributed by atoms with Crippen molar-refractivity contribution in [3.63, 3.8) is 0 Å². The van der Waals surface area contributed by atoms with E-state index in [1.165, 1.54) is 4.90 Å². The highest BCUT2D eigenvalue weighted by atomic mass is 16.5. The molecule has 100 valence electrons. The van der Waals surface area contributed by atoms with E-state index in [0.717, 1.165) is 0 Å². The number of rotatable bonds is 5. The van der Waals surface area contributed by atoms with Crippen LogP contribution in [0.5, 0.6) is 0 Å². The van der Waals surface area contributed by atoms with Crippen molar-refractivity contribution < 1.29 is 14.3 Å². The van der Waals surface area contributed by atoms with Gasteiger partial charge in [-0.2, -0.15) is 0 Å². The van der Waals surface area contributed by atoms with Gasteiger partial charge < -0.3 is 14.5 Å². The van der Waals surface area contributed by atoms with Gasteiger partial charge in [0.15, 0.2) is 0 Å². The number of hydrogen-bond acceptors (Lipinski definition) is 3. The number of ether oxygens (including phenoxy) is 1. The summed E-state index contributed by atoms with van der Waals surface area (Å²) in [5.74, 6) is -0.122. The van der Waals surface area contributed by atoms with Crippen molar-refractivity contribution in [1.29, 1.82) is 0 Å². The van der Waals surface area contributed by atoms with Crippen LogP contribution in [0.2, 0.25) is 0 Å². The van der Waals surface area contributed by atoms with Crippen LogP contribution in [0.4, 0.5) is 0 Å². The van der Waals surface area contributed by atoms with E-state index < -0.39 is 5.41 Å². The highest BCUT2D eigenvalue weighted by Crippen LogP contribution is 2.17. The Balaban J connectivity index is 4.65. The highest BCUT2D eigenvalue weighted by Gasteiger charge is 2.28. The first-order valence-electron chi connectivity index (χ1n) is 5.68. The number of hydrogen-bond donors (Lipinski definition) is 0. The molecular formula is C12H24N2O3. The van der Waals surface area contributed by atoms with Crippen LogP contribution >= 0.6 is 0 Å². The van der Waals surface area contributed by atoms with Crippen LogP contribution < -0.4 is 0 Å². The fourth-order valence-electron chi connectivity index (χ4n) is 1.23. The summed E-state index contributed by atoms with van der Waals surface area (Å²) in [6.07, 6.45) is 0. The second kappa shape index (κ2) is 6.59. The van der Waals surface area contributed by atoms with Crippen LogP contribution in [0.25, 0.3) is 0 Å². The molecule has 0 aliphatic heterocycles. The largest absolute Gasteiger partial charge is 0.383 e. The summed E-state index contributed by atoms with van der Waals surface area (Å²) in [5, 5.41) is 0. The van der Waals surface area contributed by atoms with Gasteiger partial charge in [-0.15, -0.1) is 0 Å². The Morgan fingerprint density at radius 3 is 2.06 bits per heavy atom. The molecule has 0 heterocycles. The zero-order valence-electron chi connectivity index (χ0n) is 11.7. The van der Waals surface area contributed by atoms with Gasteiger partial charge in [-0.3, -0.25) is 9.59 Å². The van der Waals surface area contributed by atoms with Crippen molar-refractivity contribution in [2.75, 3.05) is 40.9 Å². The molecule has 0 spiro atoms. The third kappa shape index (κ3) is 5.68. The molecule has 5 heteroatoms. The molecule has 0 rings (SSSR count). The monoisotopic (exact) mass is 244 g/mol. The normalized spacial score (nSPS) is 11.2. The zero-order chi connectivity index (χ0) is 13.6. The first kappa shape index (κ1) is 15.9. The molecule has 0 N–H and O–H groups in total. The molecule has 0 unspecified atom stereocenters. The molecule has 0 aromatic carbocycles. The van der Waals surface area contributed by atoms with E-state index in [2.05, 4.69) is 0 Å². The summed E-state index contributed by atoms with van der Waals surface area (Å²) >= 11 is 0. The quantitative estimate of drug-likeness (QED) is 0.711. The van der Waals surface area contributed by atoms with Crippen LogP contribution in [-0.2, 0) is 14.3 Å². The molecule has 0 aromatic heterocycles. The lowest BCUT2D eigenvalue weighted by molar-refractivity contribution is -0.145. The van der Waals surface area contributed by atoms with Gasteiger partial charge in [-0.1, -0.05) is 20.8 Å². The van der Waals surface area contributed by atoms with Gasteiger partial charge in [0.25, 0.3) is 0 Å². The van der Waals surface area contributed by atoms with Crippen LogP contribution in [0.15, 0.2) is 0 Å². The zero-order valence-corrected chi connectivity index (χ0v) is 11.7. The average Bonchev–Trinajstić information content (AvgIpc) is 2.21. The van der Waals surface area contributed by atoms with Crippen LogP contribution in [-0.4, -0.2) is 62.5 Å². The topological polar surface area (TPSA) is 49.9 Å². The number of amides is 2. The maximum Gasteiger partial charge on any atom is 0.241 e. The summed E-state index contributed by atoms with van der Waals surface area (Å²) in [4.78, 5) is 26.8. The molecule has 17 heavy (non-hydrogen) atoms. The Kier molecular flexibility index (Phi) is 6.16. The number of carbonyl (C=O) groups excluding carboxylic acids is 2. The summed E-state index contributed by atoms with van der Waals surface area (Å²) in [6.45, 7) is 6.50. The predicted octanol–water partition coefficient (Wildman–Crippen LogP) is 0.596. The Labute approximate surface area is 104 Å². The highest BCUT2D eigenvalue weighted by molar-refractivity contribution is 5.87. The van der Waals surface area contributed by atoms with Crippen molar-refractivity contribution in [2.45, 2.75) is 20.8 Å². The van der Waals surface area contributed by atoms with Crippen molar-refractivity contribution >= 4 is 11.8 Å². The summed E-state index contributed by atoms with van der Waals surface area (Å²) in [5.41, 5.74) is -0.486. The van der Waals surface area contributed by atoms with Crippen LogP contribution in [0.1, 0.15) is 20.8 Å². The predicted molar refractivity (Wildman–Crippen MR) is 66.6 cm³/mol. The molecule has 5 nitrogen and oxygen atoms in total. The smallest absolute Gasteiger partial charge is 0.241 e. The number of carbonyl (C=O) groups is 2. The molecule has 0 aromatic rings. The van der Waals surface area contributed by atoms with Gasteiger partial charge in [0.05, 0.1) is 13.2 Å². The van der Waals surface area contributed by atoms with Crippen molar-refractivity contribution in [1.82, 2.24) is 9.80 Å². The van der Waals surface area contributed by atoms with Crippen LogP contribution in [0, 0.1) is 5.41 Å². The second-order valence-electron chi connectivity index (χ2n) is 5.26. The van der Waals surface area contributed by atoms with E-state index >= 15 is 0 Å². The lowest BCUT2D eigenvalue weighted by Gasteiger charge is -2.29. The van der Waals surface area contributed by atoms with Gasteiger partial charge in [-0.05, 0) is 0 Å². The molecule has 0 atom stereocenters. The number of nitrogens with zero attached hydrogens (tertiary/aromatic N) is 2. The van der Waals surface area contributed by atoms with E-state index in [9.17, 15) is 9.59 Å². The first-order chi connectivity index (χ1) is 7.70. The fourth-order valence-corrected chi connectivity index (χ4v) is 1.23. The molecule has 0 saturated carbocycles. The van der Waals surface area contributed by atoms with Crippen molar-refractivity contribution in [3.8, 4) is 0 Å². The van der Waals surface area contributed by atoms with E-state index in [1.54, 1.807) is 26.1 Å². The summed E-state index contributed by atoms with van der Waals surface area (Å²) in [7, 11) is 4.93. The molecule has 0 aliphatic carbocycles. The molecule has 0 saturated heterocycles. The maximum absolute atomic E-state index is 12.1. The summed E-state index contributed by atoms with van der Waals surface area (Å²) in [6, 6.07) is 0. The van der Waals surface area contributed by atoms with E-state index in [1.807, 2.05) is 20.8 Å². The van der Waals surface area contributed by atoms with E-state index in [4.69, 9.17) is 4.74 Å². The third-order valence-electron chi connectivity index (χ3n) is 2.32. The fraction of sp³-hybridized carbons (Fsp3) is 0.833. The van der Waals surface area contributed by atoms with E-state index in [-0.39, 0.29) is 18.4 Å². The van der Waals surface area contributed by atoms with Crippen molar-refractivity contribution in [2.24, 2.45) is 5.41 Å². The minimum atomic E-state index is -0.486. The van der Waals surface area contributed by atoms with Crippen molar-refractivity contribution in [3.05, 3.63) is 0 Å². The Morgan fingerprint density at radius 2 is 1.71 bits per heavy atom. The third-order valence-corrected chi connectivity index (χ3v) is 2.32. The Bertz CT molecular complexity index is 269. The van der Waals surface area contributed by atoms with Crippen LogP contribution in [0.3, 0.4) is 0 Å². The van der Waals surface area contributed by atoms with E-state index in [0.29, 0.717) is 13.2 Å². The number of methoxy groups -OCH3 is 1. The number of likely N-dealkylation sites (N-methyl/N-ethyl adjacent to an activating group) is 1. The minimum Gasteiger partial charge on any atom is -0.383 e. The lowest BCUT2D eigenvalue weighted by atomic mass is 9.94. The molecule has 0 radical (unpaired) electrons. The SMILES string of the molecule is COCCN(CC(=O)N(C)C)C(=O)C(C)(C)C. The Morgan fingerprint density at radius 1 is 1.18 bits per heavy atom. The van der Waals surface area contributed by atoms with Gasteiger partial charge in [0, 0.05) is 33.2 Å². The van der Waals surface area contributed by atoms with Gasteiger partial charge in [-0.25, -0.2) is 0 Å². The summed E-state index contributed by atoms with van der Waals surface area (Å²) < 4.78 is 4.96. The first-order valence-corrected chi connectivity index (χ1v) is 5.68. The molecule has 2 amide bonds. The Hall–Kier alpha value is -1.10. The molecular weight excluding hydrogens is 220 g/mol. The maximum atomic E-state index is 12.1. The molecule has 0 fully saturated rings. The lowest BCUT2D eigenvalue weighted by Crippen LogP contribution is -2.46. The molecule has 0 bridgehead atoms. The standard InChI is InChI=1S/C12H24N2O3/c1-12(2,3)11(16)14(7-8-17-6)9-10(15)13(4)5/h7-9H2,1-6H3. The molecule has 0 aliphatic rings. The minimum absolute atomic E-state index is 0.0373. The van der Waals surface area contributed by atoms with Gasteiger partial charge in [0.2, 0.25) is 11.8 Å².